The average molecular weight is 268 g/mol. The summed E-state index contributed by atoms with van der Waals surface area (Å²) in [5, 5.41) is 9.12. The minimum atomic E-state index is -0.983. The highest BCUT2D eigenvalue weighted by molar-refractivity contribution is 6.32. The molecule has 0 radical (unpaired) electrons. The molecule has 18 heavy (non-hydrogen) atoms. The zero-order valence-corrected chi connectivity index (χ0v) is 10.6. The van der Waals surface area contributed by atoms with Crippen LogP contribution in [0.5, 0.6) is 0 Å². The van der Waals surface area contributed by atoms with Crippen molar-refractivity contribution in [3.63, 3.8) is 0 Å². The highest BCUT2D eigenvalue weighted by Gasteiger charge is 2.12. The van der Waals surface area contributed by atoms with E-state index in [-0.39, 0.29) is 0 Å². The number of benzene rings is 1. The molecule has 4 nitrogen and oxygen atoms in total. The van der Waals surface area contributed by atoms with Crippen LogP contribution in [0, 0.1) is 0 Å². The predicted octanol–water partition coefficient (Wildman–Crippen LogP) is 2.27. The van der Waals surface area contributed by atoms with Crippen LogP contribution < -0.4 is 4.90 Å². The molecule has 1 N–H and O–H groups in total. The Morgan fingerprint density at radius 2 is 2.11 bits per heavy atom. The van der Waals surface area contributed by atoms with Crippen molar-refractivity contribution in [2.45, 2.75) is 0 Å². The molecule has 0 amide bonds. The predicted molar refractivity (Wildman–Crippen MR) is 71.2 cm³/mol. The van der Waals surface area contributed by atoms with Gasteiger partial charge in [-0.2, -0.15) is 0 Å². The molecule has 1 heterocycles. The molecule has 0 bridgehead atoms. The number of ether oxygens (including phenoxy) is 1. The Bertz CT molecular complexity index is 467. The Labute approximate surface area is 110 Å². The Balaban J connectivity index is 2.16. The van der Waals surface area contributed by atoms with Crippen molar-refractivity contribution in [1.29, 1.82) is 0 Å². The highest BCUT2D eigenvalue weighted by Crippen LogP contribution is 2.25. The van der Waals surface area contributed by atoms with Crippen molar-refractivity contribution in [3.05, 3.63) is 34.9 Å². The van der Waals surface area contributed by atoms with Gasteiger partial charge in [-0.1, -0.05) is 17.7 Å². The fourth-order valence-corrected chi connectivity index (χ4v) is 2.07. The average Bonchev–Trinajstić information content (AvgIpc) is 2.38. The number of carbonyl (C=O) groups is 1. The van der Waals surface area contributed by atoms with Gasteiger partial charge in [-0.05, 0) is 23.8 Å². The molecule has 1 aromatic carbocycles. The topological polar surface area (TPSA) is 49.8 Å². The van der Waals surface area contributed by atoms with E-state index in [2.05, 4.69) is 4.90 Å². The van der Waals surface area contributed by atoms with Crippen molar-refractivity contribution in [1.82, 2.24) is 0 Å². The van der Waals surface area contributed by atoms with E-state index in [0.717, 1.165) is 38.1 Å². The normalized spacial score (nSPS) is 16.2. The quantitative estimate of drug-likeness (QED) is 0.854. The molecule has 5 heteroatoms. The van der Waals surface area contributed by atoms with Crippen LogP contribution in [0.2, 0.25) is 5.02 Å². The molecule has 1 aromatic rings. The number of aliphatic carboxylic acids is 1. The first-order valence-corrected chi connectivity index (χ1v) is 6.08. The van der Waals surface area contributed by atoms with Crippen LogP contribution in [0.3, 0.4) is 0 Å². The lowest BCUT2D eigenvalue weighted by Crippen LogP contribution is -2.36. The molecule has 0 saturated carbocycles. The molecule has 96 valence electrons. The molecule has 1 aliphatic heterocycles. The third-order valence-electron chi connectivity index (χ3n) is 2.77. The second-order valence-corrected chi connectivity index (χ2v) is 4.38. The van der Waals surface area contributed by atoms with Crippen LogP contribution >= 0.6 is 11.6 Å². The van der Waals surface area contributed by atoms with Gasteiger partial charge in [0.1, 0.15) is 0 Å². The van der Waals surface area contributed by atoms with Crippen LogP contribution in [0.15, 0.2) is 24.3 Å². The smallest absolute Gasteiger partial charge is 0.328 e. The van der Waals surface area contributed by atoms with Gasteiger partial charge in [0.25, 0.3) is 0 Å². The van der Waals surface area contributed by atoms with Gasteiger partial charge < -0.3 is 14.7 Å². The van der Waals surface area contributed by atoms with Crippen LogP contribution in [0.1, 0.15) is 5.56 Å². The summed E-state index contributed by atoms with van der Waals surface area (Å²) in [7, 11) is 0. The lowest BCUT2D eigenvalue weighted by atomic mass is 10.1. The lowest BCUT2D eigenvalue weighted by molar-refractivity contribution is -0.131. The number of carboxylic acids is 1. The summed E-state index contributed by atoms with van der Waals surface area (Å²) in [6, 6.07) is 5.62. The zero-order valence-electron chi connectivity index (χ0n) is 9.80. The number of rotatable bonds is 3. The van der Waals surface area contributed by atoms with Crippen molar-refractivity contribution in [3.8, 4) is 0 Å². The fourth-order valence-electron chi connectivity index (χ4n) is 1.83. The first-order chi connectivity index (χ1) is 8.66. The van der Waals surface area contributed by atoms with E-state index in [1.807, 2.05) is 18.2 Å². The molecule has 0 unspecified atom stereocenters. The SMILES string of the molecule is O=C(O)/C=C/c1ccc(N2CCOCC2)cc1Cl. The molecule has 1 fully saturated rings. The van der Waals surface area contributed by atoms with Gasteiger partial charge >= 0.3 is 5.97 Å². The van der Waals surface area contributed by atoms with E-state index in [1.165, 1.54) is 6.08 Å². The van der Waals surface area contributed by atoms with E-state index in [9.17, 15) is 4.79 Å². The molecule has 0 atom stereocenters. The van der Waals surface area contributed by atoms with Crippen LogP contribution in [0.4, 0.5) is 5.69 Å². The van der Waals surface area contributed by atoms with E-state index >= 15 is 0 Å². The van der Waals surface area contributed by atoms with Gasteiger partial charge in [-0.3, -0.25) is 0 Å². The summed E-state index contributed by atoms with van der Waals surface area (Å²) in [6.45, 7) is 3.14. The molecule has 0 aliphatic carbocycles. The van der Waals surface area contributed by atoms with Crippen LogP contribution in [-0.4, -0.2) is 37.4 Å². The van der Waals surface area contributed by atoms with Gasteiger partial charge in [0.2, 0.25) is 0 Å². The summed E-state index contributed by atoms with van der Waals surface area (Å²) < 4.78 is 5.29. The Hall–Kier alpha value is -1.52. The van der Waals surface area contributed by atoms with E-state index < -0.39 is 5.97 Å². The molecule has 0 spiro atoms. The Morgan fingerprint density at radius 3 is 2.72 bits per heavy atom. The summed E-state index contributed by atoms with van der Waals surface area (Å²) in [6.07, 6.45) is 2.57. The standard InChI is InChI=1S/C13H14ClNO3/c14-12-9-11(15-5-7-18-8-6-15)3-1-10(12)2-4-13(16)17/h1-4,9H,5-8H2,(H,16,17)/b4-2+. The molecular weight excluding hydrogens is 254 g/mol. The summed E-state index contributed by atoms with van der Waals surface area (Å²) >= 11 is 6.13. The van der Waals surface area contributed by atoms with Crippen molar-refractivity contribution in [2.24, 2.45) is 0 Å². The maximum Gasteiger partial charge on any atom is 0.328 e. The van der Waals surface area contributed by atoms with Gasteiger partial charge in [0.05, 0.1) is 13.2 Å². The van der Waals surface area contributed by atoms with Crippen LogP contribution in [0.25, 0.3) is 6.08 Å². The first kappa shape index (κ1) is 12.9. The summed E-state index contributed by atoms with van der Waals surface area (Å²) in [5.41, 5.74) is 1.74. The number of anilines is 1. The molecule has 2 rings (SSSR count). The highest BCUT2D eigenvalue weighted by atomic mass is 35.5. The van der Waals surface area contributed by atoms with E-state index in [0.29, 0.717) is 10.6 Å². The first-order valence-electron chi connectivity index (χ1n) is 5.70. The van der Waals surface area contributed by atoms with Crippen molar-refractivity contribution >= 4 is 29.3 Å². The van der Waals surface area contributed by atoms with Gasteiger partial charge in [0.15, 0.2) is 0 Å². The monoisotopic (exact) mass is 267 g/mol. The largest absolute Gasteiger partial charge is 0.478 e. The number of hydrogen-bond acceptors (Lipinski definition) is 3. The maximum absolute atomic E-state index is 10.4. The minimum absolute atomic E-state index is 0.552. The van der Waals surface area contributed by atoms with Gasteiger partial charge in [-0.25, -0.2) is 4.79 Å². The lowest BCUT2D eigenvalue weighted by Gasteiger charge is -2.29. The third kappa shape index (κ3) is 3.24. The summed E-state index contributed by atoms with van der Waals surface area (Å²) in [5.74, 6) is -0.983. The maximum atomic E-state index is 10.4. The van der Waals surface area contributed by atoms with Gasteiger partial charge in [0, 0.05) is 29.9 Å². The summed E-state index contributed by atoms with van der Waals surface area (Å²) in [4.78, 5) is 12.6. The second kappa shape index (κ2) is 5.89. The van der Waals surface area contributed by atoms with Crippen molar-refractivity contribution in [2.75, 3.05) is 31.2 Å². The number of morpholine rings is 1. The van der Waals surface area contributed by atoms with E-state index in [1.54, 1.807) is 0 Å². The van der Waals surface area contributed by atoms with E-state index in [4.69, 9.17) is 21.4 Å². The van der Waals surface area contributed by atoms with Crippen LogP contribution in [-0.2, 0) is 9.53 Å². The minimum Gasteiger partial charge on any atom is -0.478 e. The van der Waals surface area contributed by atoms with Gasteiger partial charge in [-0.15, -0.1) is 0 Å². The Kier molecular flexibility index (Phi) is 4.23. The zero-order chi connectivity index (χ0) is 13.0. The fraction of sp³-hybridized carbons (Fsp3) is 0.308. The number of carboxylic acid groups (broad SMARTS) is 1. The number of nitrogens with zero attached hydrogens (tertiary/aromatic N) is 1. The second-order valence-electron chi connectivity index (χ2n) is 3.98. The molecular formula is C13H14ClNO3. The van der Waals surface area contributed by atoms with Crippen molar-refractivity contribution < 1.29 is 14.6 Å². The molecule has 1 aliphatic rings. The Morgan fingerprint density at radius 1 is 1.39 bits per heavy atom. The molecule has 1 saturated heterocycles. The molecule has 0 aromatic heterocycles. The number of hydrogen-bond donors (Lipinski definition) is 1. The number of halogens is 1. The third-order valence-corrected chi connectivity index (χ3v) is 3.09.